The van der Waals surface area contributed by atoms with Crippen LogP contribution in [-0.2, 0) is 30.9 Å². The molecule has 0 saturated carbocycles. The first-order chi connectivity index (χ1) is 14.7. The van der Waals surface area contributed by atoms with Crippen molar-refractivity contribution < 1.29 is 27.5 Å². The summed E-state index contributed by atoms with van der Waals surface area (Å²) < 4.78 is 35.6. The van der Waals surface area contributed by atoms with Crippen LogP contribution < -0.4 is 14.7 Å². The summed E-state index contributed by atoms with van der Waals surface area (Å²) in [6, 6.07) is 10.8. The average Bonchev–Trinajstić information content (AvgIpc) is 3.07. The number of hydrogen-bond acceptors (Lipinski definition) is 7. The summed E-state index contributed by atoms with van der Waals surface area (Å²) in [5.74, 6) is -0.531. The molecule has 0 atom stereocenters. The second kappa shape index (κ2) is 9.60. The Bertz CT molecular complexity index is 1300. The van der Waals surface area contributed by atoms with E-state index in [0.717, 1.165) is 11.3 Å². The highest BCUT2D eigenvalue weighted by atomic mass is 35.5. The summed E-state index contributed by atoms with van der Waals surface area (Å²) in [5.41, 5.74) is 0.603. The molecule has 0 fully saturated rings. The van der Waals surface area contributed by atoms with Gasteiger partial charge in [0.1, 0.15) is 5.75 Å². The maximum absolute atomic E-state index is 12.4. The number of carbonyl (C=O) groups is 2. The molecule has 0 aliphatic heterocycles. The van der Waals surface area contributed by atoms with Gasteiger partial charge in [-0.3, -0.25) is 9.59 Å². The summed E-state index contributed by atoms with van der Waals surface area (Å²) >= 11 is 6.91. The van der Waals surface area contributed by atoms with Crippen LogP contribution in [0.1, 0.15) is 6.42 Å². The number of primary sulfonamides is 1. The van der Waals surface area contributed by atoms with E-state index in [0.29, 0.717) is 21.0 Å². The number of aromatic nitrogens is 1. The van der Waals surface area contributed by atoms with Crippen LogP contribution in [0.3, 0.4) is 0 Å². The van der Waals surface area contributed by atoms with Gasteiger partial charge < -0.3 is 14.0 Å². The van der Waals surface area contributed by atoms with Crippen molar-refractivity contribution in [3.63, 3.8) is 0 Å². The van der Waals surface area contributed by atoms with Crippen LogP contribution in [0.15, 0.2) is 52.4 Å². The molecule has 0 spiro atoms. The van der Waals surface area contributed by atoms with Crippen molar-refractivity contribution in [3.8, 4) is 5.75 Å². The molecule has 164 valence electrons. The molecule has 12 heteroatoms. The quantitative estimate of drug-likeness (QED) is 0.512. The van der Waals surface area contributed by atoms with Crippen LogP contribution in [0.2, 0.25) is 5.02 Å². The summed E-state index contributed by atoms with van der Waals surface area (Å²) in [7, 11) is -2.62. The van der Waals surface area contributed by atoms with Crippen LogP contribution in [0.5, 0.6) is 5.75 Å². The predicted molar refractivity (Wildman–Crippen MR) is 115 cm³/mol. The first-order valence-corrected chi connectivity index (χ1v) is 11.6. The molecule has 3 aromatic rings. The number of thiazole rings is 1. The third kappa shape index (κ3) is 5.91. The van der Waals surface area contributed by atoms with Gasteiger partial charge in [0.25, 0.3) is 5.91 Å². The second-order valence-corrected chi connectivity index (χ2v) is 9.29. The van der Waals surface area contributed by atoms with Gasteiger partial charge in [0.05, 0.1) is 28.6 Å². The van der Waals surface area contributed by atoms with Crippen molar-refractivity contribution in [2.45, 2.75) is 17.9 Å². The Hall–Kier alpha value is -2.73. The van der Waals surface area contributed by atoms with E-state index in [1.54, 1.807) is 34.9 Å². The predicted octanol–water partition coefficient (Wildman–Crippen LogP) is 2.07. The smallest absolute Gasteiger partial charge is 0.307 e. The lowest BCUT2D eigenvalue weighted by atomic mass is 10.3. The summed E-state index contributed by atoms with van der Waals surface area (Å²) in [6.07, 6.45) is 0.0436. The number of methoxy groups -OCH3 is 1. The number of nitrogens with two attached hydrogens (primary N) is 1. The Morgan fingerprint density at radius 2 is 1.90 bits per heavy atom. The molecule has 31 heavy (non-hydrogen) atoms. The van der Waals surface area contributed by atoms with Crippen LogP contribution in [0, 0.1) is 0 Å². The zero-order valence-corrected chi connectivity index (χ0v) is 18.7. The number of rotatable bonds is 7. The Morgan fingerprint density at radius 3 is 2.55 bits per heavy atom. The van der Waals surface area contributed by atoms with Crippen molar-refractivity contribution in [1.29, 1.82) is 0 Å². The Morgan fingerprint density at radius 1 is 1.19 bits per heavy atom. The number of fused-ring (bicyclic) bond motifs is 1. The Labute approximate surface area is 186 Å². The normalized spacial score (nSPS) is 12.2. The molecule has 2 N–H and O–H groups in total. The lowest BCUT2D eigenvalue weighted by molar-refractivity contribution is -0.140. The molecule has 0 aliphatic rings. The third-order valence-electron chi connectivity index (χ3n) is 4.15. The van der Waals surface area contributed by atoms with Crippen LogP contribution in [0.4, 0.5) is 0 Å². The maximum atomic E-state index is 12.4. The average molecular weight is 484 g/mol. The van der Waals surface area contributed by atoms with E-state index in [4.69, 9.17) is 21.5 Å². The number of carbonyl (C=O) groups excluding carboxylic acids is 2. The molecule has 1 aromatic heterocycles. The number of halogens is 1. The summed E-state index contributed by atoms with van der Waals surface area (Å²) in [6.45, 7) is -0.124. The van der Waals surface area contributed by atoms with Crippen LogP contribution in [-0.4, -0.2) is 38.6 Å². The fourth-order valence-electron chi connectivity index (χ4n) is 2.65. The van der Waals surface area contributed by atoms with Crippen molar-refractivity contribution in [1.82, 2.24) is 4.57 Å². The highest BCUT2D eigenvalue weighted by Crippen LogP contribution is 2.22. The fourth-order valence-corrected chi connectivity index (χ4v) is 4.51. The second-order valence-electron chi connectivity index (χ2n) is 6.29. The first-order valence-electron chi connectivity index (χ1n) is 8.86. The molecular formula is C19H18ClN3O6S2. The Kier molecular flexibility index (Phi) is 7.11. The van der Waals surface area contributed by atoms with E-state index >= 15 is 0 Å². The fraction of sp³-hybridized carbons (Fsp3) is 0.211. The Balaban J connectivity index is 1.94. The molecule has 0 aliphatic carbocycles. The van der Waals surface area contributed by atoms with Gasteiger partial charge in [0, 0.05) is 11.6 Å². The van der Waals surface area contributed by atoms with Crippen molar-refractivity contribution in [3.05, 3.63) is 52.3 Å². The van der Waals surface area contributed by atoms with Gasteiger partial charge in [0.2, 0.25) is 10.0 Å². The number of aryl methyl sites for hydroxylation is 1. The first kappa shape index (κ1) is 22.9. The van der Waals surface area contributed by atoms with Gasteiger partial charge in [0.15, 0.2) is 11.4 Å². The van der Waals surface area contributed by atoms with E-state index in [9.17, 15) is 18.0 Å². The monoisotopic (exact) mass is 483 g/mol. The molecule has 0 saturated heterocycles. The van der Waals surface area contributed by atoms with E-state index in [1.807, 2.05) is 0 Å². The number of sulfonamides is 1. The lowest BCUT2D eigenvalue weighted by Gasteiger charge is -2.05. The molecule has 1 amide bonds. The van der Waals surface area contributed by atoms with Gasteiger partial charge in [-0.15, -0.1) is 0 Å². The molecule has 1 heterocycles. The number of amides is 1. The number of nitrogens with zero attached hydrogens (tertiary/aromatic N) is 2. The van der Waals surface area contributed by atoms with Gasteiger partial charge in [-0.2, -0.15) is 4.99 Å². The highest BCUT2D eigenvalue weighted by molar-refractivity contribution is 7.89. The zero-order valence-electron chi connectivity index (χ0n) is 16.3. The number of benzene rings is 2. The minimum atomic E-state index is -3.90. The molecule has 0 bridgehead atoms. The summed E-state index contributed by atoms with van der Waals surface area (Å²) in [4.78, 5) is 28.3. The number of ether oxygens (including phenoxy) is 2. The maximum Gasteiger partial charge on any atom is 0.307 e. The molecule has 2 aromatic carbocycles. The number of esters is 1. The lowest BCUT2D eigenvalue weighted by Crippen LogP contribution is -2.21. The highest BCUT2D eigenvalue weighted by Gasteiger charge is 2.14. The van der Waals surface area contributed by atoms with Crippen LogP contribution in [0.25, 0.3) is 10.2 Å². The van der Waals surface area contributed by atoms with Crippen LogP contribution >= 0.6 is 22.9 Å². The van der Waals surface area contributed by atoms with Gasteiger partial charge in [-0.05, 0) is 42.5 Å². The minimum Gasteiger partial charge on any atom is -0.484 e. The SMILES string of the molecule is COC(=O)CCn1c(=NC(=O)COc2ccc(Cl)cc2)sc2cc(S(N)(=O)=O)ccc21. The number of hydrogen-bond donors (Lipinski definition) is 1. The topological polar surface area (TPSA) is 130 Å². The molecule has 0 unspecified atom stereocenters. The molecular weight excluding hydrogens is 466 g/mol. The summed E-state index contributed by atoms with van der Waals surface area (Å²) in [5, 5.41) is 5.74. The van der Waals surface area contributed by atoms with Gasteiger partial charge in [-0.1, -0.05) is 22.9 Å². The van der Waals surface area contributed by atoms with Crippen molar-refractivity contribution >= 4 is 55.1 Å². The molecule has 3 rings (SSSR count). The standard InChI is InChI=1S/C19H18ClN3O6S2/c1-28-18(25)8-9-23-15-7-6-14(31(21,26)27)10-16(15)30-19(23)22-17(24)11-29-13-4-2-12(20)3-5-13/h2-7,10H,8-9,11H2,1H3,(H2,21,26,27). The van der Waals surface area contributed by atoms with E-state index in [1.165, 1.54) is 19.2 Å². The van der Waals surface area contributed by atoms with Crippen molar-refractivity contribution in [2.75, 3.05) is 13.7 Å². The molecule has 0 radical (unpaired) electrons. The van der Waals surface area contributed by atoms with E-state index in [-0.39, 0.29) is 29.3 Å². The van der Waals surface area contributed by atoms with E-state index < -0.39 is 21.9 Å². The third-order valence-corrected chi connectivity index (χ3v) is 6.35. The largest absolute Gasteiger partial charge is 0.484 e. The van der Waals surface area contributed by atoms with Gasteiger partial charge in [-0.25, -0.2) is 13.6 Å². The molecule has 9 nitrogen and oxygen atoms in total. The van der Waals surface area contributed by atoms with Crippen molar-refractivity contribution in [2.24, 2.45) is 10.1 Å². The van der Waals surface area contributed by atoms with E-state index in [2.05, 4.69) is 9.73 Å². The zero-order chi connectivity index (χ0) is 22.6. The minimum absolute atomic E-state index is 0.0436. The van der Waals surface area contributed by atoms with Gasteiger partial charge >= 0.3 is 5.97 Å².